The lowest BCUT2D eigenvalue weighted by Crippen LogP contribution is -2.31. The Bertz CT molecular complexity index is 200. The van der Waals surface area contributed by atoms with E-state index < -0.39 is 0 Å². The second-order valence-corrected chi connectivity index (χ2v) is 1.84. The molecule has 2 heterocycles. The molecule has 2 rings (SSSR count). The van der Waals surface area contributed by atoms with Gasteiger partial charge >= 0.3 is 0 Å². The Labute approximate surface area is 52.5 Å². The second kappa shape index (κ2) is 1.66. The van der Waals surface area contributed by atoms with Crippen LogP contribution < -0.4 is 5.43 Å². The maximum absolute atomic E-state index is 3.71. The van der Waals surface area contributed by atoms with Crippen molar-refractivity contribution in [1.29, 1.82) is 0 Å². The topological polar surface area (TPSA) is 40.0 Å². The number of hydrogen-bond donors (Lipinski definition) is 1. The van der Waals surface area contributed by atoms with Gasteiger partial charge in [-0.1, -0.05) is 0 Å². The van der Waals surface area contributed by atoms with Crippen LogP contribution in [0.4, 0.5) is 0 Å². The third kappa shape index (κ3) is 0.639. The minimum atomic E-state index is 0.868. The lowest BCUT2D eigenvalue weighted by Gasteiger charge is -2.14. The number of rotatable bonds is 0. The molecule has 0 saturated heterocycles. The normalized spacial score (nSPS) is 22.2. The molecule has 0 saturated carbocycles. The van der Waals surface area contributed by atoms with Crippen molar-refractivity contribution in [3.8, 4) is 0 Å². The molecular weight excluding hydrogens is 116 g/mol. The van der Waals surface area contributed by atoms with E-state index in [9.17, 15) is 0 Å². The summed E-state index contributed by atoms with van der Waals surface area (Å²) < 4.78 is 0. The monoisotopic (exact) mass is 122 g/mol. The fourth-order valence-corrected chi connectivity index (χ4v) is 0.835. The molecule has 2 aliphatic rings. The van der Waals surface area contributed by atoms with Crippen molar-refractivity contribution in [1.82, 2.24) is 10.4 Å². The standard InChI is InChI=1S/C5H6N4/c1-2-8-9-4-7-6-3-5(1)9/h1,3-4,8H,2H2. The Hall–Kier alpha value is -1.16. The molecule has 1 N–H and O–H groups in total. The number of nitrogens with zero attached hydrogens (tertiary/aromatic N) is 3. The van der Waals surface area contributed by atoms with E-state index in [4.69, 9.17) is 0 Å². The van der Waals surface area contributed by atoms with E-state index in [1.54, 1.807) is 12.6 Å². The van der Waals surface area contributed by atoms with Crippen LogP contribution in [0.15, 0.2) is 22.0 Å². The predicted molar refractivity (Wildman–Crippen MR) is 34.9 cm³/mol. The smallest absolute Gasteiger partial charge is 0.133 e. The maximum atomic E-state index is 3.71. The summed E-state index contributed by atoms with van der Waals surface area (Å²) in [5.41, 5.74) is 4.13. The highest BCUT2D eigenvalue weighted by atomic mass is 15.6. The molecule has 0 amide bonds. The van der Waals surface area contributed by atoms with Crippen molar-refractivity contribution in [2.45, 2.75) is 0 Å². The Balaban J connectivity index is 2.33. The van der Waals surface area contributed by atoms with Crippen LogP contribution in [-0.4, -0.2) is 24.1 Å². The van der Waals surface area contributed by atoms with Gasteiger partial charge in [-0.3, -0.25) is 5.01 Å². The van der Waals surface area contributed by atoms with Crippen LogP contribution in [0, 0.1) is 0 Å². The zero-order chi connectivity index (χ0) is 6.10. The number of nitrogens with one attached hydrogen (secondary N) is 1. The first-order chi connectivity index (χ1) is 4.47. The van der Waals surface area contributed by atoms with Crippen molar-refractivity contribution in [2.24, 2.45) is 10.2 Å². The molecule has 0 aromatic heterocycles. The number of hydrazine groups is 1. The zero-order valence-electron chi connectivity index (χ0n) is 4.78. The SMILES string of the molecule is C1=NN=CN2NCC=C12. The highest BCUT2D eigenvalue weighted by Crippen LogP contribution is 2.04. The summed E-state index contributed by atoms with van der Waals surface area (Å²) in [5, 5.41) is 9.24. The van der Waals surface area contributed by atoms with Crippen molar-refractivity contribution in [2.75, 3.05) is 6.54 Å². The van der Waals surface area contributed by atoms with Crippen molar-refractivity contribution in [3.63, 3.8) is 0 Å². The van der Waals surface area contributed by atoms with Crippen LogP contribution >= 0.6 is 0 Å². The maximum Gasteiger partial charge on any atom is 0.133 e. The molecule has 4 heteroatoms. The number of fused-ring (bicyclic) bond motifs is 1. The van der Waals surface area contributed by atoms with E-state index >= 15 is 0 Å². The number of hydrogen-bond acceptors (Lipinski definition) is 4. The molecule has 0 fully saturated rings. The van der Waals surface area contributed by atoms with Crippen LogP contribution in [0.25, 0.3) is 0 Å². The highest BCUT2D eigenvalue weighted by molar-refractivity contribution is 5.85. The van der Waals surface area contributed by atoms with Crippen LogP contribution in [0.1, 0.15) is 0 Å². The summed E-state index contributed by atoms with van der Waals surface area (Å²) in [5.74, 6) is 0. The van der Waals surface area contributed by atoms with Gasteiger partial charge in [0.05, 0.1) is 11.9 Å². The van der Waals surface area contributed by atoms with E-state index in [0.717, 1.165) is 12.2 Å². The van der Waals surface area contributed by atoms with Gasteiger partial charge in [0.15, 0.2) is 0 Å². The molecule has 2 aliphatic heterocycles. The molecule has 0 bridgehead atoms. The summed E-state index contributed by atoms with van der Waals surface area (Å²) in [6.45, 7) is 0.868. The van der Waals surface area contributed by atoms with Crippen molar-refractivity contribution < 1.29 is 0 Å². The van der Waals surface area contributed by atoms with E-state index in [1.165, 1.54) is 0 Å². The van der Waals surface area contributed by atoms with E-state index in [2.05, 4.69) is 21.7 Å². The molecule has 0 unspecified atom stereocenters. The van der Waals surface area contributed by atoms with Crippen LogP contribution in [0.2, 0.25) is 0 Å². The zero-order valence-corrected chi connectivity index (χ0v) is 4.78. The van der Waals surface area contributed by atoms with Gasteiger partial charge < -0.3 is 0 Å². The van der Waals surface area contributed by atoms with Crippen molar-refractivity contribution in [3.05, 3.63) is 11.8 Å². The fraction of sp³-hybridized carbons (Fsp3) is 0.200. The van der Waals surface area contributed by atoms with Gasteiger partial charge in [-0.2, -0.15) is 5.10 Å². The van der Waals surface area contributed by atoms with Crippen molar-refractivity contribution >= 4 is 12.6 Å². The molecule has 0 atom stereocenters. The first-order valence-electron chi connectivity index (χ1n) is 2.76. The quantitative estimate of drug-likeness (QED) is 0.480. The third-order valence-electron chi connectivity index (χ3n) is 1.27. The number of allylic oxidation sites excluding steroid dienone is 1. The first kappa shape index (κ1) is 4.69. The van der Waals surface area contributed by atoms with Gasteiger partial charge in [0.1, 0.15) is 6.34 Å². The average Bonchev–Trinajstić information content (AvgIpc) is 2.33. The lowest BCUT2D eigenvalue weighted by atomic mass is 10.4. The van der Waals surface area contributed by atoms with Gasteiger partial charge in [0.2, 0.25) is 0 Å². The van der Waals surface area contributed by atoms with E-state index in [0.29, 0.717) is 0 Å². The molecule has 0 aromatic carbocycles. The Morgan fingerprint density at radius 1 is 1.56 bits per heavy atom. The third-order valence-corrected chi connectivity index (χ3v) is 1.27. The first-order valence-corrected chi connectivity index (χ1v) is 2.76. The molecule has 0 aliphatic carbocycles. The minimum absolute atomic E-state index is 0.868. The molecular formula is C5H6N4. The fourth-order valence-electron chi connectivity index (χ4n) is 0.835. The predicted octanol–water partition coefficient (Wildman–Crippen LogP) is -0.282. The Morgan fingerprint density at radius 2 is 2.56 bits per heavy atom. The second-order valence-electron chi connectivity index (χ2n) is 1.84. The molecule has 4 nitrogen and oxygen atoms in total. The lowest BCUT2D eigenvalue weighted by molar-refractivity contribution is 0.457. The summed E-state index contributed by atoms with van der Waals surface area (Å²) >= 11 is 0. The van der Waals surface area contributed by atoms with Gasteiger partial charge in [0, 0.05) is 6.54 Å². The van der Waals surface area contributed by atoms with Gasteiger partial charge in [0.25, 0.3) is 0 Å². The summed E-state index contributed by atoms with van der Waals surface area (Å²) in [7, 11) is 0. The molecule has 0 spiro atoms. The van der Waals surface area contributed by atoms with Gasteiger partial charge in [-0.15, -0.1) is 5.10 Å². The highest BCUT2D eigenvalue weighted by Gasteiger charge is 2.11. The van der Waals surface area contributed by atoms with Crippen LogP contribution in [-0.2, 0) is 0 Å². The Kier molecular flexibility index (Phi) is 0.868. The van der Waals surface area contributed by atoms with E-state index in [1.807, 2.05) is 5.01 Å². The molecule has 46 valence electrons. The molecule has 0 radical (unpaired) electrons. The summed E-state index contributed by atoms with van der Waals surface area (Å²) in [6, 6.07) is 0. The Morgan fingerprint density at radius 3 is 3.44 bits per heavy atom. The van der Waals surface area contributed by atoms with Crippen LogP contribution in [0.5, 0.6) is 0 Å². The van der Waals surface area contributed by atoms with Crippen LogP contribution in [0.3, 0.4) is 0 Å². The largest absolute Gasteiger partial charge is 0.263 e. The summed E-state index contributed by atoms with van der Waals surface area (Å²) in [6.07, 6.45) is 5.42. The average molecular weight is 122 g/mol. The molecule has 0 aromatic rings. The summed E-state index contributed by atoms with van der Waals surface area (Å²) in [4.78, 5) is 0. The molecule has 9 heavy (non-hydrogen) atoms. The van der Waals surface area contributed by atoms with E-state index in [-0.39, 0.29) is 0 Å². The van der Waals surface area contributed by atoms with Gasteiger partial charge in [-0.05, 0) is 6.08 Å². The minimum Gasteiger partial charge on any atom is -0.263 e. The van der Waals surface area contributed by atoms with Gasteiger partial charge in [-0.25, -0.2) is 5.43 Å².